The van der Waals surface area contributed by atoms with Crippen molar-refractivity contribution in [2.75, 3.05) is 31.6 Å². The monoisotopic (exact) mass is 250 g/mol. The number of anilines is 1. The van der Waals surface area contributed by atoms with Gasteiger partial charge in [-0.05, 0) is 31.0 Å². The lowest BCUT2D eigenvalue weighted by Gasteiger charge is -2.20. The first-order chi connectivity index (χ1) is 8.61. The van der Waals surface area contributed by atoms with Crippen molar-refractivity contribution in [3.05, 3.63) is 30.3 Å². The molecule has 1 atom stereocenters. The molecule has 0 spiro atoms. The van der Waals surface area contributed by atoms with Crippen LogP contribution in [-0.2, 0) is 0 Å². The van der Waals surface area contributed by atoms with Gasteiger partial charge in [-0.2, -0.15) is 0 Å². The molecule has 1 rings (SSSR count). The van der Waals surface area contributed by atoms with Crippen LogP contribution in [0.5, 0.6) is 0 Å². The van der Waals surface area contributed by atoms with Crippen molar-refractivity contribution in [1.82, 2.24) is 5.32 Å². The highest BCUT2D eigenvalue weighted by molar-refractivity contribution is 5.44. The molecule has 1 unspecified atom stereocenters. The molecule has 0 aromatic heterocycles. The summed E-state index contributed by atoms with van der Waals surface area (Å²) < 4.78 is 0. The molecule has 0 aliphatic heterocycles. The second-order valence-electron chi connectivity index (χ2n) is 5.13. The Hall–Kier alpha value is -1.06. The molecule has 0 saturated heterocycles. The third-order valence-electron chi connectivity index (χ3n) is 3.17. The van der Waals surface area contributed by atoms with Gasteiger partial charge in [0.15, 0.2) is 0 Å². The molecule has 0 aliphatic rings. The van der Waals surface area contributed by atoms with Crippen molar-refractivity contribution in [2.24, 2.45) is 5.92 Å². The van der Waals surface area contributed by atoms with Gasteiger partial charge in [-0.15, -0.1) is 0 Å². The molecule has 0 amide bonds. The number of aliphatic hydroxyl groups excluding tert-OH is 1. The Morgan fingerprint density at radius 3 is 2.50 bits per heavy atom. The van der Waals surface area contributed by atoms with Gasteiger partial charge >= 0.3 is 0 Å². The van der Waals surface area contributed by atoms with Crippen LogP contribution in [0.25, 0.3) is 0 Å². The van der Waals surface area contributed by atoms with E-state index in [1.54, 1.807) is 0 Å². The molecule has 0 radical (unpaired) electrons. The molecule has 0 aliphatic carbocycles. The Kier molecular flexibility index (Phi) is 6.76. The molecule has 0 fully saturated rings. The van der Waals surface area contributed by atoms with E-state index in [-0.39, 0.29) is 6.10 Å². The quantitative estimate of drug-likeness (QED) is 0.694. The fourth-order valence-electron chi connectivity index (χ4n) is 1.74. The smallest absolute Gasteiger partial charge is 0.0687 e. The number of nitrogens with zero attached hydrogens (tertiary/aromatic N) is 1. The van der Waals surface area contributed by atoms with E-state index in [0.717, 1.165) is 19.5 Å². The molecule has 102 valence electrons. The molecule has 0 heterocycles. The first-order valence-corrected chi connectivity index (χ1v) is 6.76. The van der Waals surface area contributed by atoms with Gasteiger partial charge in [0.2, 0.25) is 0 Å². The van der Waals surface area contributed by atoms with E-state index in [1.165, 1.54) is 5.69 Å². The SMILES string of the molecule is CC(C)C(O)CNCCCN(C)c1ccccc1. The molecule has 18 heavy (non-hydrogen) atoms. The zero-order valence-corrected chi connectivity index (χ0v) is 11.8. The molecular weight excluding hydrogens is 224 g/mol. The molecule has 3 heteroatoms. The highest BCUT2D eigenvalue weighted by Gasteiger charge is 2.07. The maximum Gasteiger partial charge on any atom is 0.0687 e. The summed E-state index contributed by atoms with van der Waals surface area (Å²) in [6, 6.07) is 10.4. The molecule has 3 nitrogen and oxygen atoms in total. The van der Waals surface area contributed by atoms with E-state index in [9.17, 15) is 5.11 Å². The van der Waals surface area contributed by atoms with Crippen molar-refractivity contribution in [2.45, 2.75) is 26.4 Å². The van der Waals surface area contributed by atoms with Gasteiger partial charge in [-0.25, -0.2) is 0 Å². The number of aliphatic hydroxyl groups is 1. The minimum absolute atomic E-state index is 0.239. The molecule has 0 bridgehead atoms. The van der Waals surface area contributed by atoms with Crippen molar-refractivity contribution < 1.29 is 5.11 Å². The Balaban J connectivity index is 2.11. The highest BCUT2D eigenvalue weighted by atomic mass is 16.3. The van der Waals surface area contributed by atoms with E-state index in [2.05, 4.69) is 41.5 Å². The fourth-order valence-corrected chi connectivity index (χ4v) is 1.74. The van der Waals surface area contributed by atoms with E-state index in [1.807, 2.05) is 19.9 Å². The second-order valence-corrected chi connectivity index (χ2v) is 5.13. The van der Waals surface area contributed by atoms with Crippen LogP contribution in [0.1, 0.15) is 20.3 Å². The summed E-state index contributed by atoms with van der Waals surface area (Å²) in [5.74, 6) is 0.324. The lowest BCUT2D eigenvalue weighted by Crippen LogP contribution is -2.32. The maximum absolute atomic E-state index is 9.64. The van der Waals surface area contributed by atoms with Crippen LogP contribution >= 0.6 is 0 Å². The first kappa shape index (κ1) is 15.0. The van der Waals surface area contributed by atoms with Crippen LogP contribution in [0.3, 0.4) is 0 Å². The fraction of sp³-hybridized carbons (Fsp3) is 0.600. The zero-order valence-electron chi connectivity index (χ0n) is 11.8. The van der Waals surface area contributed by atoms with E-state index >= 15 is 0 Å². The van der Waals surface area contributed by atoms with Gasteiger partial charge in [0.1, 0.15) is 0 Å². The summed E-state index contributed by atoms with van der Waals surface area (Å²) in [5.41, 5.74) is 1.25. The molecule has 1 aromatic carbocycles. The van der Waals surface area contributed by atoms with Crippen LogP contribution in [-0.4, -0.2) is 37.9 Å². The molecule has 1 aromatic rings. The third-order valence-corrected chi connectivity index (χ3v) is 3.17. The Labute approximate surface area is 111 Å². The Morgan fingerprint density at radius 2 is 1.89 bits per heavy atom. The van der Waals surface area contributed by atoms with Gasteiger partial charge < -0.3 is 15.3 Å². The normalized spacial score (nSPS) is 12.7. The standard InChI is InChI=1S/C15H26N2O/c1-13(2)15(18)12-16-10-7-11-17(3)14-8-5-4-6-9-14/h4-6,8-9,13,15-16,18H,7,10-12H2,1-3H3. The summed E-state index contributed by atoms with van der Waals surface area (Å²) in [6.45, 7) is 6.73. The van der Waals surface area contributed by atoms with Crippen LogP contribution in [0.15, 0.2) is 30.3 Å². The van der Waals surface area contributed by atoms with Crippen LogP contribution in [0.2, 0.25) is 0 Å². The predicted octanol–water partition coefficient (Wildman–Crippen LogP) is 2.12. The minimum Gasteiger partial charge on any atom is -0.392 e. The van der Waals surface area contributed by atoms with Gasteiger partial charge in [0.25, 0.3) is 0 Å². The van der Waals surface area contributed by atoms with Gasteiger partial charge in [-0.3, -0.25) is 0 Å². The number of rotatable bonds is 8. The number of benzene rings is 1. The Bertz CT molecular complexity index is 314. The average Bonchev–Trinajstić information content (AvgIpc) is 2.38. The number of para-hydroxylation sites is 1. The maximum atomic E-state index is 9.64. The summed E-state index contributed by atoms with van der Waals surface area (Å²) in [4.78, 5) is 2.25. The third kappa shape index (κ3) is 5.52. The first-order valence-electron chi connectivity index (χ1n) is 6.76. The lowest BCUT2D eigenvalue weighted by molar-refractivity contribution is 0.124. The van der Waals surface area contributed by atoms with Gasteiger partial charge in [-0.1, -0.05) is 32.0 Å². The summed E-state index contributed by atoms with van der Waals surface area (Å²) >= 11 is 0. The van der Waals surface area contributed by atoms with Crippen LogP contribution in [0, 0.1) is 5.92 Å². The van der Waals surface area contributed by atoms with Crippen LogP contribution in [0.4, 0.5) is 5.69 Å². The summed E-state index contributed by atoms with van der Waals surface area (Å²) in [5, 5.41) is 12.9. The van der Waals surface area contributed by atoms with Gasteiger partial charge in [0.05, 0.1) is 6.10 Å². The summed E-state index contributed by atoms with van der Waals surface area (Å²) in [7, 11) is 2.11. The van der Waals surface area contributed by atoms with E-state index in [4.69, 9.17) is 0 Å². The lowest BCUT2D eigenvalue weighted by atomic mass is 10.1. The second kappa shape index (κ2) is 8.11. The van der Waals surface area contributed by atoms with Crippen LogP contribution < -0.4 is 10.2 Å². The Morgan fingerprint density at radius 1 is 1.22 bits per heavy atom. The molecule has 0 saturated carbocycles. The topological polar surface area (TPSA) is 35.5 Å². The molecular formula is C15H26N2O. The largest absolute Gasteiger partial charge is 0.392 e. The van der Waals surface area contributed by atoms with Crippen molar-refractivity contribution in [3.8, 4) is 0 Å². The van der Waals surface area contributed by atoms with Crippen molar-refractivity contribution >= 4 is 5.69 Å². The number of nitrogens with one attached hydrogen (secondary N) is 1. The predicted molar refractivity (Wildman–Crippen MR) is 78.0 cm³/mol. The summed E-state index contributed by atoms with van der Waals surface area (Å²) in [6.07, 6.45) is 0.841. The zero-order chi connectivity index (χ0) is 13.4. The minimum atomic E-state index is -0.239. The van der Waals surface area contributed by atoms with E-state index < -0.39 is 0 Å². The average molecular weight is 250 g/mol. The van der Waals surface area contributed by atoms with E-state index in [0.29, 0.717) is 12.5 Å². The van der Waals surface area contributed by atoms with Crippen molar-refractivity contribution in [1.29, 1.82) is 0 Å². The molecule has 2 N–H and O–H groups in total. The number of hydrogen-bond donors (Lipinski definition) is 2. The highest BCUT2D eigenvalue weighted by Crippen LogP contribution is 2.10. The number of hydrogen-bond acceptors (Lipinski definition) is 3. The van der Waals surface area contributed by atoms with Crippen molar-refractivity contribution in [3.63, 3.8) is 0 Å². The van der Waals surface area contributed by atoms with Gasteiger partial charge in [0, 0.05) is 25.8 Å².